The van der Waals surface area contributed by atoms with Crippen molar-refractivity contribution in [3.63, 3.8) is 0 Å². The van der Waals surface area contributed by atoms with Crippen LogP contribution in [-0.4, -0.2) is 72.8 Å². The summed E-state index contributed by atoms with van der Waals surface area (Å²) in [6.07, 6.45) is -2.44. The van der Waals surface area contributed by atoms with E-state index in [0.717, 1.165) is 0 Å². The molecule has 0 rings (SSSR count). The SMILES string of the molecule is CCO.O=[N+]([O-])[O-].O=[N+]([O-])[O-].O=[N+]([O-])[O-].OC[C@@H](O)[C@@H](O)CO.[Gd+3]. The van der Waals surface area contributed by atoms with Crippen molar-refractivity contribution in [2.75, 3.05) is 19.8 Å². The van der Waals surface area contributed by atoms with Crippen molar-refractivity contribution >= 4 is 0 Å². The summed E-state index contributed by atoms with van der Waals surface area (Å²) in [6.45, 7) is 0.878. The Morgan fingerprint density at radius 3 is 0.833 bits per heavy atom. The summed E-state index contributed by atoms with van der Waals surface area (Å²) < 4.78 is 0. The first-order valence-electron chi connectivity index (χ1n) is 4.97. The summed E-state index contributed by atoms with van der Waals surface area (Å²) in [5.74, 6) is 0. The van der Waals surface area contributed by atoms with Crippen molar-refractivity contribution in [3.05, 3.63) is 46.0 Å². The van der Waals surface area contributed by atoms with E-state index in [0.29, 0.717) is 0 Å². The second-order valence-corrected chi connectivity index (χ2v) is 2.49. The molecule has 0 heterocycles. The number of aliphatic hydroxyl groups excluding tert-OH is 5. The van der Waals surface area contributed by atoms with Gasteiger partial charge in [0.05, 0.1) is 28.5 Å². The van der Waals surface area contributed by atoms with E-state index in [1.807, 2.05) is 0 Å². The van der Waals surface area contributed by atoms with Gasteiger partial charge in [-0.1, -0.05) is 0 Å². The molecule has 0 bridgehead atoms. The topological polar surface area (TPSA) is 300 Å². The fraction of sp³-hybridized carbons (Fsp3) is 1.00. The molecule has 5 N–H and O–H groups in total. The van der Waals surface area contributed by atoms with Gasteiger partial charge in [-0.25, -0.2) is 0 Å². The van der Waals surface area contributed by atoms with Crippen molar-refractivity contribution in [1.82, 2.24) is 0 Å². The van der Waals surface area contributed by atoms with Crippen LogP contribution in [0.25, 0.3) is 0 Å². The summed E-state index contributed by atoms with van der Waals surface area (Å²) in [5, 5.41) is 85.0. The Morgan fingerprint density at radius 2 is 0.792 bits per heavy atom. The minimum atomic E-state index is -1.75. The number of hydrogen-bond donors (Lipinski definition) is 5. The summed E-state index contributed by atoms with van der Waals surface area (Å²) in [4.78, 5) is 24.8. The van der Waals surface area contributed by atoms with Crippen molar-refractivity contribution in [2.45, 2.75) is 19.1 Å². The first-order valence-corrected chi connectivity index (χ1v) is 4.97. The standard InChI is InChI=1S/C4H10O4.C2H6O.Gd.3NO3/c5-1-3(7)4(8)2-6;1-2-3;;3*2-1(3)4/h3-8H,1-2H2;3H,2H2,1H3;;;;/q;;+3;3*-1/t3-,4+;;;;;. The van der Waals surface area contributed by atoms with Crippen LogP contribution in [0.3, 0.4) is 0 Å². The largest absolute Gasteiger partial charge is 3.00 e. The molecular weight excluding hydrogens is 495 g/mol. The summed E-state index contributed by atoms with van der Waals surface area (Å²) >= 11 is 0. The van der Waals surface area contributed by atoms with Crippen LogP contribution < -0.4 is 0 Å². The second kappa shape index (κ2) is 33.4. The molecular formula is C6H16GdN3O14. The molecule has 17 nitrogen and oxygen atoms in total. The molecule has 0 aromatic heterocycles. The van der Waals surface area contributed by atoms with Gasteiger partial charge in [0, 0.05) is 6.61 Å². The van der Waals surface area contributed by atoms with E-state index in [9.17, 15) is 0 Å². The van der Waals surface area contributed by atoms with Crippen LogP contribution in [0, 0.1) is 85.9 Å². The number of rotatable bonds is 3. The fourth-order valence-corrected chi connectivity index (χ4v) is 0.243. The van der Waals surface area contributed by atoms with Crippen molar-refractivity contribution in [1.29, 1.82) is 0 Å². The monoisotopic (exact) mass is 512 g/mol. The molecule has 24 heavy (non-hydrogen) atoms. The predicted molar refractivity (Wildman–Crippen MR) is 70.0 cm³/mol. The fourth-order valence-electron chi connectivity index (χ4n) is 0.243. The molecule has 0 amide bonds. The minimum Gasteiger partial charge on any atom is -0.397 e. The third kappa shape index (κ3) is 178. The smallest absolute Gasteiger partial charge is 0.397 e. The van der Waals surface area contributed by atoms with Gasteiger partial charge >= 0.3 is 39.9 Å². The Balaban J connectivity index is -0.0000000442. The second-order valence-electron chi connectivity index (χ2n) is 2.49. The zero-order chi connectivity index (χ0) is 20.0. The zero-order valence-corrected chi connectivity index (χ0v) is 14.1. The van der Waals surface area contributed by atoms with E-state index in [1.54, 1.807) is 6.92 Å². The molecule has 0 fully saturated rings. The van der Waals surface area contributed by atoms with E-state index in [-0.39, 0.29) is 46.5 Å². The van der Waals surface area contributed by atoms with Crippen molar-refractivity contribution < 1.29 is 80.7 Å². The molecule has 1 radical (unpaired) electrons. The summed E-state index contributed by atoms with van der Waals surface area (Å²) in [6, 6.07) is 0. The van der Waals surface area contributed by atoms with Crippen LogP contribution in [0.1, 0.15) is 6.92 Å². The third-order valence-corrected chi connectivity index (χ3v) is 0.818. The molecule has 0 aromatic carbocycles. The van der Waals surface area contributed by atoms with Gasteiger partial charge in [0.2, 0.25) is 0 Å². The maximum Gasteiger partial charge on any atom is 3.00 e. The van der Waals surface area contributed by atoms with E-state index in [4.69, 9.17) is 71.5 Å². The van der Waals surface area contributed by atoms with Crippen LogP contribution in [0.2, 0.25) is 0 Å². The van der Waals surface area contributed by atoms with Crippen LogP contribution in [0.4, 0.5) is 0 Å². The summed E-state index contributed by atoms with van der Waals surface area (Å²) in [5.41, 5.74) is 0. The number of aliphatic hydroxyl groups is 5. The van der Waals surface area contributed by atoms with Crippen LogP contribution in [0.5, 0.6) is 0 Å². The van der Waals surface area contributed by atoms with Gasteiger partial charge in [-0.15, -0.1) is 0 Å². The minimum absolute atomic E-state index is 0. The average molecular weight is 511 g/mol. The molecule has 0 aliphatic heterocycles. The molecule has 2 atom stereocenters. The number of nitrogens with zero attached hydrogens (tertiary/aromatic N) is 3. The van der Waals surface area contributed by atoms with Gasteiger partial charge in [0.25, 0.3) is 0 Å². The van der Waals surface area contributed by atoms with Gasteiger partial charge < -0.3 is 71.5 Å². The van der Waals surface area contributed by atoms with Gasteiger partial charge in [0.1, 0.15) is 12.2 Å². The molecule has 0 aliphatic rings. The molecule has 0 spiro atoms. The van der Waals surface area contributed by atoms with Crippen molar-refractivity contribution in [2.24, 2.45) is 0 Å². The maximum atomic E-state index is 8.47. The van der Waals surface area contributed by atoms with Crippen LogP contribution in [0.15, 0.2) is 0 Å². The average Bonchev–Trinajstić information content (AvgIpc) is 2.35. The molecule has 0 saturated carbocycles. The number of hydrogen-bond acceptors (Lipinski definition) is 14. The first kappa shape index (κ1) is 38.3. The predicted octanol–water partition coefficient (Wildman–Crippen LogP) is -3.03. The Morgan fingerprint density at radius 1 is 0.708 bits per heavy atom. The van der Waals surface area contributed by atoms with Gasteiger partial charge in [-0.2, -0.15) is 0 Å². The van der Waals surface area contributed by atoms with E-state index in [2.05, 4.69) is 0 Å². The van der Waals surface area contributed by atoms with E-state index >= 15 is 0 Å². The summed E-state index contributed by atoms with van der Waals surface area (Å²) in [7, 11) is 0. The Bertz CT molecular complexity index is 233. The maximum absolute atomic E-state index is 8.47. The van der Waals surface area contributed by atoms with Crippen LogP contribution >= 0.6 is 0 Å². The quantitative estimate of drug-likeness (QED) is 0.186. The zero-order valence-electron chi connectivity index (χ0n) is 11.9. The first-order chi connectivity index (χ1) is 10.3. The van der Waals surface area contributed by atoms with Gasteiger partial charge in [-0.05, 0) is 6.92 Å². The molecule has 0 saturated heterocycles. The van der Waals surface area contributed by atoms with Crippen molar-refractivity contribution in [3.8, 4) is 0 Å². The third-order valence-electron chi connectivity index (χ3n) is 0.818. The molecule has 0 aromatic rings. The van der Waals surface area contributed by atoms with Gasteiger partial charge in [-0.3, -0.25) is 0 Å². The molecule has 18 heteroatoms. The van der Waals surface area contributed by atoms with Gasteiger partial charge in [0.15, 0.2) is 0 Å². The van der Waals surface area contributed by atoms with E-state index in [1.165, 1.54) is 0 Å². The Hall–Kier alpha value is -1.28. The normalized spacial score (nSPS) is 9.75. The molecule has 147 valence electrons. The van der Waals surface area contributed by atoms with E-state index < -0.39 is 40.7 Å². The Labute approximate surface area is 165 Å². The molecule has 0 unspecified atom stereocenters. The molecule has 0 aliphatic carbocycles. The van der Waals surface area contributed by atoms with Crippen LogP contribution in [-0.2, 0) is 0 Å². The Kier molecular flexibility index (Phi) is 53.3.